The number of hydrogen-bond donors (Lipinski definition) is 0. The fourth-order valence-electron chi connectivity index (χ4n) is 4.60. The average molecular weight is 418 g/mol. The number of ether oxygens (including phenoxy) is 2. The molecule has 30 heavy (non-hydrogen) atoms. The number of nitrogens with zero attached hydrogens (tertiary/aromatic N) is 1. The molecule has 3 atom stereocenters. The first-order valence-corrected chi connectivity index (χ1v) is 12.0. The Morgan fingerprint density at radius 3 is 2.80 bits per heavy atom. The van der Waals surface area contributed by atoms with E-state index in [0.717, 1.165) is 38.8 Å². The number of carbonyl (C=O) groups excluding carboxylic acids is 1. The Balaban J connectivity index is 1.80. The lowest BCUT2D eigenvalue weighted by Crippen LogP contribution is -2.56. The lowest BCUT2D eigenvalue weighted by molar-refractivity contribution is -0.159. The highest BCUT2D eigenvalue weighted by Gasteiger charge is 2.47. The van der Waals surface area contributed by atoms with Gasteiger partial charge in [0.25, 0.3) is 0 Å². The Kier molecular flexibility index (Phi) is 11.5. The zero-order chi connectivity index (χ0) is 21.8. The highest BCUT2D eigenvalue weighted by molar-refractivity contribution is 5.74. The van der Waals surface area contributed by atoms with E-state index in [4.69, 9.17) is 9.47 Å². The maximum atomic E-state index is 12.4. The highest BCUT2D eigenvalue weighted by Crippen LogP contribution is 2.41. The van der Waals surface area contributed by atoms with E-state index in [-0.39, 0.29) is 11.9 Å². The van der Waals surface area contributed by atoms with Gasteiger partial charge in [-0.05, 0) is 71.0 Å². The molecule has 0 aromatic rings. The van der Waals surface area contributed by atoms with Crippen molar-refractivity contribution in [1.29, 1.82) is 0 Å². The predicted octanol–water partition coefficient (Wildman–Crippen LogP) is 5.70. The van der Waals surface area contributed by atoms with Gasteiger partial charge in [0, 0.05) is 12.6 Å². The van der Waals surface area contributed by atoms with Crippen LogP contribution >= 0.6 is 0 Å². The van der Waals surface area contributed by atoms with Crippen LogP contribution in [0.4, 0.5) is 0 Å². The molecule has 0 amide bonds. The third-order valence-electron chi connectivity index (χ3n) is 6.43. The van der Waals surface area contributed by atoms with Gasteiger partial charge in [-0.2, -0.15) is 0 Å². The maximum Gasteiger partial charge on any atom is 0.310 e. The van der Waals surface area contributed by atoms with E-state index in [9.17, 15) is 4.79 Å². The molecule has 2 aliphatic carbocycles. The Morgan fingerprint density at radius 1 is 1.20 bits per heavy atom. The first-order valence-electron chi connectivity index (χ1n) is 12.0. The van der Waals surface area contributed by atoms with E-state index in [0.29, 0.717) is 25.2 Å². The van der Waals surface area contributed by atoms with E-state index < -0.39 is 0 Å². The van der Waals surface area contributed by atoms with Gasteiger partial charge in [0.1, 0.15) is 0 Å². The number of carbonyl (C=O) groups is 1. The fourth-order valence-corrected chi connectivity index (χ4v) is 4.60. The monoisotopic (exact) mass is 417 g/mol. The minimum atomic E-state index is -0.0186. The molecule has 0 aromatic carbocycles. The lowest BCUT2D eigenvalue weighted by Gasteiger charge is -2.48. The van der Waals surface area contributed by atoms with E-state index in [1.54, 1.807) is 0 Å². The summed E-state index contributed by atoms with van der Waals surface area (Å²) in [5, 5.41) is 0. The highest BCUT2D eigenvalue weighted by atomic mass is 16.5. The smallest absolute Gasteiger partial charge is 0.310 e. The summed E-state index contributed by atoms with van der Waals surface area (Å²) in [7, 11) is 2.18. The number of esters is 1. The van der Waals surface area contributed by atoms with Crippen molar-refractivity contribution in [3.8, 4) is 0 Å². The third-order valence-corrected chi connectivity index (χ3v) is 6.43. The van der Waals surface area contributed by atoms with Crippen LogP contribution in [0.3, 0.4) is 0 Å². The van der Waals surface area contributed by atoms with Gasteiger partial charge >= 0.3 is 5.97 Å². The van der Waals surface area contributed by atoms with Gasteiger partial charge in [-0.1, -0.05) is 56.1 Å². The second-order valence-electron chi connectivity index (χ2n) is 8.90. The molecular formula is C26H43NO3. The molecule has 0 N–H and O–H groups in total. The van der Waals surface area contributed by atoms with E-state index in [1.165, 1.54) is 36.8 Å². The SMILES string of the molecule is CCCCCCN(C)C1C(CCOC/C2=C/C=C(C)\C=C/CC2)CC1C(=O)OCC. The van der Waals surface area contributed by atoms with Crippen molar-refractivity contribution < 1.29 is 14.3 Å². The topological polar surface area (TPSA) is 38.8 Å². The molecule has 2 rings (SSSR count). The van der Waals surface area contributed by atoms with Crippen LogP contribution in [0.1, 0.15) is 72.1 Å². The summed E-state index contributed by atoms with van der Waals surface area (Å²) >= 11 is 0. The first kappa shape index (κ1) is 24.9. The van der Waals surface area contributed by atoms with E-state index in [2.05, 4.69) is 50.1 Å². The van der Waals surface area contributed by atoms with Crippen molar-refractivity contribution in [3.63, 3.8) is 0 Å². The molecule has 0 aromatic heterocycles. The summed E-state index contributed by atoms with van der Waals surface area (Å²) in [6.07, 6.45) is 17.9. The van der Waals surface area contributed by atoms with Gasteiger partial charge in [0.15, 0.2) is 0 Å². The van der Waals surface area contributed by atoms with Crippen molar-refractivity contribution in [3.05, 3.63) is 35.5 Å². The summed E-state index contributed by atoms with van der Waals surface area (Å²) in [6, 6.07) is 0.297. The molecule has 0 heterocycles. The van der Waals surface area contributed by atoms with Crippen LogP contribution in [0, 0.1) is 11.8 Å². The second-order valence-corrected chi connectivity index (χ2v) is 8.90. The molecule has 3 unspecified atom stereocenters. The van der Waals surface area contributed by atoms with Gasteiger partial charge in [-0.15, -0.1) is 0 Å². The van der Waals surface area contributed by atoms with Crippen molar-refractivity contribution in [2.24, 2.45) is 11.8 Å². The van der Waals surface area contributed by atoms with Crippen LogP contribution in [0.25, 0.3) is 0 Å². The Hall–Kier alpha value is -1.39. The zero-order valence-electron chi connectivity index (χ0n) is 19.7. The van der Waals surface area contributed by atoms with Crippen LogP contribution in [0.15, 0.2) is 35.5 Å². The fraction of sp³-hybridized carbons (Fsp3) is 0.731. The quantitative estimate of drug-likeness (QED) is 0.285. The summed E-state index contributed by atoms with van der Waals surface area (Å²) in [5.74, 6) is 0.529. The van der Waals surface area contributed by atoms with Gasteiger partial charge in [0.2, 0.25) is 0 Å². The molecule has 170 valence electrons. The van der Waals surface area contributed by atoms with Gasteiger partial charge in [-0.3, -0.25) is 4.79 Å². The number of unbranched alkanes of at least 4 members (excludes halogenated alkanes) is 3. The molecule has 2 aliphatic rings. The minimum absolute atomic E-state index is 0.0186. The van der Waals surface area contributed by atoms with E-state index >= 15 is 0 Å². The lowest BCUT2D eigenvalue weighted by atomic mass is 9.67. The van der Waals surface area contributed by atoms with E-state index in [1.807, 2.05) is 6.92 Å². The maximum absolute atomic E-state index is 12.4. The molecule has 0 radical (unpaired) electrons. The van der Waals surface area contributed by atoms with Crippen LogP contribution in [-0.2, 0) is 14.3 Å². The molecule has 0 aliphatic heterocycles. The van der Waals surface area contributed by atoms with Crippen molar-refractivity contribution in [2.75, 3.05) is 33.4 Å². The molecule has 0 bridgehead atoms. The van der Waals surface area contributed by atoms with Crippen LogP contribution in [0.2, 0.25) is 0 Å². The largest absolute Gasteiger partial charge is 0.466 e. The second kappa shape index (κ2) is 13.8. The Labute approximate surface area is 184 Å². The summed E-state index contributed by atoms with van der Waals surface area (Å²) in [5.41, 5.74) is 2.65. The van der Waals surface area contributed by atoms with Gasteiger partial charge < -0.3 is 14.4 Å². The number of hydrogen-bond acceptors (Lipinski definition) is 4. The molecule has 1 fully saturated rings. The van der Waals surface area contributed by atoms with Crippen LogP contribution < -0.4 is 0 Å². The normalized spacial score (nSPS) is 28.5. The summed E-state index contributed by atoms with van der Waals surface area (Å²) in [6.45, 7) is 9.26. The summed E-state index contributed by atoms with van der Waals surface area (Å²) in [4.78, 5) is 14.8. The standard InChI is InChI=1S/C26H43NO3/c1-5-7-8-11-17-27(4)25-23(19-24(25)26(28)30-6-2)16-18-29-20-22-13-10-9-12-21(3)14-15-22/h9,12,14-15,23-25H,5-8,10-11,13,16-20H2,1-4H3/b12-9-,21-14-,22-15+. The van der Waals surface area contributed by atoms with Crippen molar-refractivity contribution >= 4 is 5.97 Å². The predicted molar refractivity (Wildman–Crippen MR) is 124 cm³/mol. The summed E-state index contributed by atoms with van der Waals surface area (Å²) < 4.78 is 11.4. The molecule has 4 nitrogen and oxygen atoms in total. The third kappa shape index (κ3) is 8.03. The molecule has 0 saturated heterocycles. The molecule has 0 spiro atoms. The Morgan fingerprint density at radius 2 is 2.03 bits per heavy atom. The average Bonchev–Trinajstić information content (AvgIpc) is 2.68. The Bertz CT molecular complexity index is 607. The first-order chi connectivity index (χ1) is 14.6. The van der Waals surface area contributed by atoms with Crippen LogP contribution in [0.5, 0.6) is 0 Å². The number of rotatable bonds is 13. The van der Waals surface area contributed by atoms with Crippen molar-refractivity contribution in [1.82, 2.24) is 4.90 Å². The van der Waals surface area contributed by atoms with Crippen molar-refractivity contribution in [2.45, 2.75) is 78.2 Å². The number of allylic oxidation sites excluding steroid dienone is 5. The zero-order valence-corrected chi connectivity index (χ0v) is 19.7. The molecule has 1 saturated carbocycles. The molecular weight excluding hydrogens is 374 g/mol. The molecule has 4 heteroatoms. The van der Waals surface area contributed by atoms with Crippen LogP contribution in [-0.4, -0.2) is 50.3 Å². The van der Waals surface area contributed by atoms with Gasteiger partial charge in [-0.25, -0.2) is 0 Å². The minimum Gasteiger partial charge on any atom is -0.466 e. The van der Waals surface area contributed by atoms with Gasteiger partial charge in [0.05, 0.1) is 19.1 Å².